The van der Waals surface area contributed by atoms with E-state index in [0.717, 1.165) is 31.4 Å². The van der Waals surface area contributed by atoms with Crippen LogP contribution in [0.5, 0.6) is 0 Å². The topological polar surface area (TPSA) is 147 Å². The molecular formula is C12H16N8O3. The van der Waals surface area contributed by atoms with Crippen LogP contribution in [0.15, 0.2) is 6.20 Å². The first-order chi connectivity index (χ1) is 11.1. The fraction of sp³-hybridized carbons (Fsp3) is 0.500. The summed E-state index contributed by atoms with van der Waals surface area (Å²) in [6.07, 6.45) is 2.84. The number of hydrogen-bond acceptors (Lipinski definition) is 9. The highest BCUT2D eigenvalue weighted by Gasteiger charge is 2.25. The summed E-state index contributed by atoms with van der Waals surface area (Å²) in [5, 5.41) is 18.2. The Hall–Kier alpha value is -2.82. The molecule has 1 unspecified atom stereocenters. The molecule has 0 radical (unpaired) electrons. The molecule has 0 saturated carbocycles. The Kier molecular flexibility index (Phi) is 4.02. The van der Waals surface area contributed by atoms with Crippen molar-refractivity contribution in [2.24, 2.45) is 0 Å². The second kappa shape index (κ2) is 6.12. The zero-order valence-corrected chi connectivity index (χ0v) is 12.5. The third-order valence-electron chi connectivity index (χ3n) is 3.49. The van der Waals surface area contributed by atoms with Gasteiger partial charge in [-0.25, -0.2) is 14.6 Å². The lowest BCUT2D eigenvalue weighted by atomic mass is 10.1. The normalized spacial score (nSPS) is 16.8. The highest BCUT2D eigenvalue weighted by molar-refractivity contribution is 5.53. The first-order valence-corrected chi connectivity index (χ1v) is 7.04. The van der Waals surface area contributed by atoms with Crippen LogP contribution in [-0.2, 0) is 17.9 Å². The van der Waals surface area contributed by atoms with Gasteiger partial charge in [-0.15, -0.1) is 0 Å². The summed E-state index contributed by atoms with van der Waals surface area (Å²) in [5.41, 5.74) is 5.27. The molecule has 1 aliphatic rings. The van der Waals surface area contributed by atoms with Crippen molar-refractivity contribution in [3.63, 3.8) is 0 Å². The minimum atomic E-state index is -0.618. The summed E-state index contributed by atoms with van der Waals surface area (Å²) < 4.78 is 6.87. The standard InChI is InChI=1S/C12H16N8O3/c1-23-6-9-16-11-7(3-2-4-19(11)18-9)15-12-14-5-8(20(21)22)10(13)17-12/h5,7H,2-4,6H2,1H3,(H3,13,14,15,17). The number of nitrogens with one attached hydrogen (secondary N) is 1. The van der Waals surface area contributed by atoms with E-state index in [0.29, 0.717) is 12.4 Å². The summed E-state index contributed by atoms with van der Waals surface area (Å²) >= 11 is 0. The van der Waals surface area contributed by atoms with E-state index in [1.54, 1.807) is 7.11 Å². The van der Waals surface area contributed by atoms with Gasteiger partial charge < -0.3 is 15.8 Å². The van der Waals surface area contributed by atoms with E-state index >= 15 is 0 Å². The van der Waals surface area contributed by atoms with Crippen LogP contribution in [0.1, 0.15) is 30.5 Å². The fourth-order valence-electron chi connectivity index (χ4n) is 2.48. The zero-order chi connectivity index (χ0) is 16.4. The molecular weight excluding hydrogens is 304 g/mol. The Morgan fingerprint density at radius 3 is 3.09 bits per heavy atom. The molecule has 0 fully saturated rings. The van der Waals surface area contributed by atoms with Crippen LogP contribution in [0.3, 0.4) is 0 Å². The van der Waals surface area contributed by atoms with Gasteiger partial charge in [0.2, 0.25) is 11.8 Å². The number of methoxy groups -OCH3 is 1. The van der Waals surface area contributed by atoms with Crippen molar-refractivity contribution in [3.05, 3.63) is 28.0 Å². The number of rotatable bonds is 5. The highest BCUT2D eigenvalue weighted by atomic mass is 16.6. The largest absolute Gasteiger partial charge is 0.378 e. The lowest BCUT2D eigenvalue weighted by molar-refractivity contribution is -0.384. The summed E-state index contributed by atoms with van der Waals surface area (Å²) in [4.78, 5) is 22.5. The van der Waals surface area contributed by atoms with Gasteiger partial charge in [0, 0.05) is 13.7 Å². The molecule has 1 atom stereocenters. The van der Waals surface area contributed by atoms with Crippen LogP contribution in [0.2, 0.25) is 0 Å². The van der Waals surface area contributed by atoms with Gasteiger partial charge in [-0.1, -0.05) is 0 Å². The predicted molar refractivity (Wildman–Crippen MR) is 79.4 cm³/mol. The average molecular weight is 320 g/mol. The predicted octanol–water partition coefficient (Wildman–Crippen LogP) is 0.652. The second-order valence-electron chi connectivity index (χ2n) is 5.10. The lowest BCUT2D eigenvalue weighted by Crippen LogP contribution is -2.23. The van der Waals surface area contributed by atoms with E-state index in [-0.39, 0.29) is 23.5 Å². The molecule has 3 heterocycles. The molecule has 3 N–H and O–H groups in total. The van der Waals surface area contributed by atoms with Crippen molar-refractivity contribution in [1.29, 1.82) is 0 Å². The molecule has 1 aliphatic heterocycles. The van der Waals surface area contributed by atoms with E-state index in [9.17, 15) is 10.1 Å². The van der Waals surface area contributed by atoms with E-state index in [4.69, 9.17) is 10.5 Å². The molecule has 0 aliphatic carbocycles. The maximum absolute atomic E-state index is 10.7. The van der Waals surface area contributed by atoms with Crippen LogP contribution in [0, 0.1) is 10.1 Å². The van der Waals surface area contributed by atoms with Gasteiger partial charge in [-0.3, -0.25) is 10.1 Å². The van der Waals surface area contributed by atoms with Gasteiger partial charge >= 0.3 is 5.69 Å². The summed E-state index contributed by atoms with van der Waals surface area (Å²) in [6.45, 7) is 1.13. The van der Waals surface area contributed by atoms with Crippen LogP contribution < -0.4 is 11.1 Å². The van der Waals surface area contributed by atoms with Crippen molar-refractivity contribution in [2.75, 3.05) is 18.2 Å². The Morgan fingerprint density at radius 1 is 1.57 bits per heavy atom. The number of nitro groups is 1. The molecule has 0 amide bonds. The third kappa shape index (κ3) is 3.04. The van der Waals surface area contributed by atoms with Crippen LogP contribution in [-0.4, -0.2) is 36.8 Å². The Labute approximate surface area is 131 Å². The van der Waals surface area contributed by atoms with Crippen LogP contribution in [0.25, 0.3) is 0 Å². The third-order valence-corrected chi connectivity index (χ3v) is 3.49. The minimum absolute atomic E-state index is 0.136. The number of ether oxygens (including phenoxy) is 1. The number of nitrogens with two attached hydrogens (primary N) is 1. The molecule has 11 heteroatoms. The first-order valence-electron chi connectivity index (χ1n) is 7.04. The van der Waals surface area contributed by atoms with E-state index < -0.39 is 4.92 Å². The van der Waals surface area contributed by atoms with Crippen molar-refractivity contribution in [2.45, 2.75) is 32.0 Å². The number of aromatic nitrogens is 5. The molecule has 2 aromatic heterocycles. The molecule has 0 aromatic carbocycles. The number of nitrogens with zero attached hydrogens (tertiary/aromatic N) is 6. The van der Waals surface area contributed by atoms with Gasteiger partial charge in [-0.2, -0.15) is 10.1 Å². The number of anilines is 2. The maximum atomic E-state index is 10.7. The zero-order valence-electron chi connectivity index (χ0n) is 12.5. The molecule has 3 rings (SSSR count). The smallest absolute Gasteiger partial charge is 0.329 e. The fourth-order valence-corrected chi connectivity index (χ4v) is 2.48. The monoisotopic (exact) mass is 320 g/mol. The Bertz CT molecular complexity index is 731. The van der Waals surface area contributed by atoms with E-state index in [1.807, 2.05) is 4.68 Å². The van der Waals surface area contributed by atoms with E-state index in [1.165, 1.54) is 0 Å². The van der Waals surface area contributed by atoms with Crippen molar-refractivity contribution in [1.82, 2.24) is 24.7 Å². The molecule has 23 heavy (non-hydrogen) atoms. The van der Waals surface area contributed by atoms with Crippen LogP contribution in [0.4, 0.5) is 17.5 Å². The van der Waals surface area contributed by atoms with Gasteiger partial charge in [0.25, 0.3) is 0 Å². The molecule has 0 saturated heterocycles. The molecule has 122 valence electrons. The van der Waals surface area contributed by atoms with Crippen molar-refractivity contribution < 1.29 is 9.66 Å². The molecule has 0 bridgehead atoms. The SMILES string of the molecule is COCc1nc2n(n1)CCCC2Nc1ncc([N+](=O)[O-])c(N)n1. The number of hydrogen-bond donors (Lipinski definition) is 2. The van der Waals surface area contributed by atoms with Gasteiger partial charge in [0.15, 0.2) is 5.82 Å². The summed E-state index contributed by atoms with van der Waals surface area (Å²) in [7, 11) is 1.59. The number of fused-ring (bicyclic) bond motifs is 1. The second-order valence-corrected chi connectivity index (χ2v) is 5.10. The van der Waals surface area contributed by atoms with Crippen molar-refractivity contribution >= 4 is 17.5 Å². The van der Waals surface area contributed by atoms with Gasteiger partial charge in [0.1, 0.15) is 18.6 Å². The number of nitrogen functional groups attached to an aromatic ring is 1. The van der Waals surface area contributed by atoms with Crippen LogP contribution >= 0.6 is 0 Å². The Morgan fingerprint density at radius 2 is 2.39 bits per heavy atom. The lowest BCUT2D eigenvalue weighted by Gasteiger charge is -2.22. The Balaban J connectivity index is 1.82. The van der Waals surface area contributed by atoms with Gasteiger partial charge in [0.05, 0.1) is 11.0 Å². The minimum Gasteiger partial charge on any atom is -0.378 e. The summed E-state index contributed by atoms with van der Waals surface area (Å²) in [5.74, 6) is 1.43. The molecule has 2 aromatic rings. The maximum Gasteiger partial charge on any atom is 0.329 e. The molecule has 0 spiro atoms. The molecule has 11 nitrogen and oxygen atoms in total. The quantitative estimate of drug-likeness (QED) is 0.598. The van der Waals surface area contributed by atoms with Gasteiger partial charge in [-0.05, 0) is 12.8 Å². The number of aryl methyl sites for hydroxylation is 1. The van der Waals surface area contributed by atoms with Crippen molar-refractivity contribution in [3.8, 4) is 0 Å². The summed E-state index contributed by atoms with van der Waals surface area (Å²) in [6, 6.07) is -0.136. The van der Waals surface area contributed by atoms with E-state index in [2.05, 4.69) is 25.4 Å². The highest BCUT2D eigenvalue weighted by Crippen LogP contribution is 2.27. The average Bonchev–Trinajstić information content (AvgIpc) is 2.91. The first kappa shape index (κ1) is 15.1.